The van der Waals surface area contributed by atoms with Crippen molar-refractivity contribution in [2.75, 3.05) is 14.2 Å². The van der Waals surface area contributed by atoms with E-state index in [4.69, 9.17) is 9.47 Å². The summed E-state index contributed by atoms with van der Waals surface area (Å²) in [6, 6.07) is 1.91. The summed E-state index contributed by atoms with van der Waals surface area (Å²) in [5.41, 5.74) is 0.977. The number of pyridine rings is 1. The molecule has 3 nitrogen and oxygen atoms in total. The third-order valence-electron chi connectivity index (χ3n) is 1.47. The molecule has 0 aliphatic carbocycles. The van der Waals surface area contributed by atoms with Gasteiger partial charge in [-0.25, -0.2) is 0 Å². The maximum atomic E-state index is 5.03. The lowest BCUT2D eigenvalue weighted by Gasteiger charge is -2.07. The fraction of sp³-hybridized carbons (Fsp3) is 0.375. The molecule has 4 heteroatoms. The van der Waals surface area contributed by atoms with Gasteiger partial charge < -0.3 is 9.47 Å². The van der Waals surface area contributed by atoms with Crippen molar-refractivity contribution in [2.24, 2.45) is 0 Å². The van der Waals surface area contributed by atoms with E-state index in [1.807, 2.05) is 13.0 Å². The van der Waals surface area contributed by atoms with Crippen molar-refractivity contribution in [3.05, 3.63) is 16.1 Å². The molecular weight excluding hydrogens is 222 g/mol. The summed E-state index contributed by atoms with van der Waals surface area (Å²) in [5, 5.41) is 0. The molecule has 0 aromatic carbocycles. The first-order chi connectivity index (χ1) is 5.69. The van der Waals surface area contributed by atoms with Gasteiger partial charge in [0.15, 0.2) is 0 Å². The fourth-order valence-corrected chi connectivity index (χ4v) is 1.49. The van der Waals surface area contributed by atoms with E-state index in [0.29, 0.717) is 11.8 Å². The van der Waals surface area contributed by atoms with E-state index >= 15 is 0 Å². The van der Waals surface area contributed by atoms with Crippen LogP contribution in [0.25, 0.3) is 0 Å². The topological polar surface area (TPSA) is 31.4 Å². The Labute approximate surface area is 79.8 Å². The Morgan fingerprint density at radius 2 is 1.83 bits per heavy atom. The summed E-state index contributed by atoms with van der Waals surface area (Å²) in [4.78, 5) is 4.12. The van der Waals surface area contributed by atoms with Gasteiger partial charge in [0, 0.05) is 5.56 Å². The minimum absolute atomic E-state index is 0.539. The highest BCUT2D eigenvalue weighted by atomic mass is 79.9. The summed E-state index contributed by atoms with van der Waals surface area (Å²) in [6.45, 7) is 1.93. The van der Waals surface area contributed by atoms with Crippen LogP contribution in [0.1, 0.15) is 5.56 Å². The molecule has 0 spiro atoms. The molecule has 1 rings (SSSR count). The van der Waals surface area contributed by atoms with Crippen LogP contribution in [-0.4, -0.2) is 19.2 Å². The number of aryl methyl sites for hydroxylation is 1. The lowest BCUT2D eigenvalue weighted by atomic mass is 10.3. The smallest absolute Gasteiger partial charge is 0.231 e. The third-order valence-corrected chi connectivity index (χ3v) is 2.04. The summed E-state index contributed by atoms with van der Waals surface area (Å²) in [5.74, 6) is 1.13. The standard InChI is InChI=1S/C8H10BrNO2/c1-5-4-6(9)8(12-3)10-7(5)11-2/h4H,1-3H3. The van der Waals surface area contributed by atoms with E-state index < -0.39 is 0 Å². The molecule has 0 saturated carbocycles. The van der Waals surface area contributed by atoms with E-state index in [1.54, 1.807) is 14.2 Å². The molecular formula is C8H10BrNO2. The molecule has 12 heavy (non-hydrogen) atoms. The van der Waals surface area contributed by atoms with Crippen LogP contribution in [0.15, 0.2) is 10.5 Å². The van der Waals surface area contributed by atoms with Crippen molar-refractivity contribution >= 4 is 15.9 Å². The Kier molecular flexibility index (Phi) is 2.92. The average molecular weight is 232 g/mol. The minimum Gasteiger partial charge on any atom is -0.481 e. The van der Waals surface area contributed by atoms with Gasteiger partial charge in [0.2, 0.25) is 11.8 Å². The molecule has 1 aromatic heterocycles. The molecule has 0 aliphatic heterocycles. The Hall–Kier alpha value is -0.770. The van der Waals surface area contributed by atoms with Gasteiger partial charge in [-0.3, -0.25) is 0 Å². The number of hydrogen-bond acceptors (Lipinski definition) is 3. The molecule has 0 radical (unpaired) electrons. The van der Waals surface area contributed by atoms with E-state index in [2.05, 4.69) is 20.9 Å². The maximum Gasteiger partial charge on any atom is 0.231 e. The second-order valence-corrected chi connectivity index (χ2v) is 3.16. The zero-order chi connectivity index (χ0) is 9.14. The van der Waals surface area contributed by atoms with Gasteiger partial charge in [0.25, 0.3) is 0 Å². The summed E-state index contributed by atoms with van der Waals surface area (Å²) < 4.78 is 10.9. The van der Waals surface area contributed by atoms with Gasteiger partial charge in [0.05, 0.1) is 18.7 Å². The molecule has 0 saturated heterocycles. The normalized spacial score (nSPS) is 9.67. The number of methoxy groups -OCH3 is 2. The molecule has 0 amide bonds. The lowest BCUT2D eigenvalue weighted by molar-refractivity contribution is 0.360. The fourth-order valence-electron chi connectivity index (χ4n) is 0.897. The van der Waals surface area contributed by atoms with E-state index in [0.717, 1.165) is 10.0 Å². The first-order valence-corrected chi connectivity index (χ1v) is 4.23. The molecule has 0 N–H and O–H groups in total. The lowest BCUT2D eigenvalue weighted by Crippen LogP contribution is -1.95. The number of rotatable bonds is 2. The zero-order valence-electron chi connectivity index (χ0n) is 7.22. The van der Waals surface area contributed by atoms with Crippen LogP contribution in [0.2, 0.25) is 0 Å². The average Bonchev–Trinajstić information content (AvgIpc) is 2.05. The van der Waals surface area contributed by atoms with Crippen LogP contribution < -0.4 is 9.47 Å². The Morgan fingerprint density at radius 3 is 2.33 bits per heavy atom. The Morgan fingerprint density at radius 1 is 1.25 bits per heavy atom. The van der Waals surface area contributed by atoms with Crippen molar-refractivity contribution in [1.82, 2.24) is 4.98 Å². The monoisotopic (exact) mass is 231 g/mol. The van der Waals surface area contributed by atoms with Crippen LogP contribution in [0, 0.1) is 6.92 Å². The first-order valence-electron chi connectivity index (χ1n) is 3.44. The van der Waals surface area contributed by atoms with Gasteiger partial charge >= 0.3 is 0 Å². The number of ether oxygens (including phenoxy) is 2. The number of halogens is 1. The molecule has 0 atom stereocenters. The van der Waals surface area contributed by atoms with Crippen LogP contribution in [0.5, 0.6) is 11.8 Å². The zero-order valence-corrected chi connectivity index (χ0v) is 8.81. The van der Waals surface area contributed by atoms with Crippen LogP contribution >= 0.6 is 15.9 Å². The molecule has 66 valence electrons. The number of nitrogens with zero attached hydrogens (tertiary/aromatic N) is 1. The molecule has 1 aromatic rings. The van der Waals surface area contributed by atoms with Crippen molar-refractivity contribution < 1.29 is 9.47 Å². The van der Waals surface area contributed by atoms with Crippen molar-refractivity contribution in [2.45, 2.75) is 6.92 Å². The molecule has 1 heterocycles. The Bertz CT molecular complexity index is 263. The highest BCUT2D eigenvalue weighted by Gasteiger charge is 2.06. The quantitative estimate of drug-likeness (QED) is 0.782. The number of hydrogen-bond donors (Lipinski definition) is 0. The predicted octanol–water partition coefficient (Wildman–Crippen LogP) is 2.17. The van der Waals surface area contributed by atoms with Gasteiger partial charge in [-0.1, -0.05) is 0 Å². The van der Waals surface area contributed by atoms with Gasteiger partial charge in [-0.05, 0) is 28.9 Å². The van der Waals surface area contributed by atoms with Gasteiger partial charge in [-0.2, -0.15) is 4.98 Å². The van der Waals surface area contributed by atoms with Crippen molar-refractivity contribution in [3.63, 3.8) is 0 Å². The summed E-state index contributed by atoms with van der Waals surface area (Å²) in [7, 11) is 3.16. The van der Waals surface area contributed by atoms with Crippen LogP contribution in [-0.2, 0) is 0 Å². The van der Waals surface area contributed by atoms with Gasteiger partial charge in [0.1, 0.15) is 0 Å². The summed E-state index contributed by atoms with van der Waals surface area (Å²) >= 11 is 3.33. The van der Waals surface area contributed by atoms with Crippen molar-refractivity contribution in [3.8, 4) is 11.8 Å². The first kappa shape index (κ1) is 9.32. The summed E-state index contributed by atoms with van der Waals surface area (Å²) in [6.07, 6.45) is 0. The molecule has 0 fully saturated rings. The largest absolute Gasteiger partial charge is 0.481 e. The molecule has 0 unspecified atom stereocenters. The van der Waals surface area contributed by atoms with Crippen LogP contribution in [0.3, 0.4) is 0 Å². The van der Waals surface area contributed by atoms with E-state index in [-0.39, 0.29) is 0 Å². The second-order valence-electron chi connectivity index (χ2n) is 2.31. The van der Waals surface area contributed by atoms with E-state index in [1.165, 1.54) is 0 Å². The third kappa shape index (κ3) is 1.69. The Balaban J connectivity index is 3.18. The highest BCUT2D eigenvalue weighted by molar-refractivity contribution is 9.10. The predicted molar refractivity (Wildman–Crippen MR) is 49.8 cm³/mol. The molecule has 0 aliphatic rings. The maximum absolute atomic E-state index is 5.03. The minimum atomic E-state index is 0.539. The highest BCUT2D eigenvalue weighted by Crippen LogP contribution is 2.27. The van der Waals surface area contributed by atoms with Crippen LogP contribution in [0.4, 0.5) is 0 Å². The number of aromatic nitrogens is 1. The second kappa shape index (κ2) is 3.76. The van der Waals surface area contributed by atoms with Gasteiger partial charge in [-0.15, -0.1) is 0 Å². The SMILES string of the molecule is COc1nc(OC)c(Br)cc1C. The van der Waals surface area contributed by atoms with E-state index in [9.17, 15) is 0 Å². The van der Waals surface area contributed by atoms with Crippen molar-refractivity contribution in [1.29, 1.82) is 0 Å². The molecule has 0 bridgehead atoms.